The summed E-state index contributed by atoms with van der Waals surface area (Å²) in [7, 11) is 1.79. The van der Waals surface area contributed by atoms with Gasteiger partial charge in [-0.15, -0.1) is 22.9 Å². The minimum Gasteiger partial charge on any atom is -0.378 e. The Kier molecular flexibility index (Phi) is 3.85. The van der Waals surface area contributed by atoms with Crippen LogP contribution in [0.3, 0.4) is 0 Å². The molecule has 0 amide bonds. The van der Waals surface area contributed by atoms with E-state index in [1.165, 1.54) is 6.42 Å². The summed E-state index contributed by atoms with van der Waals surface area (Å²) < 4.78 is 6.44. The van der Waals surface area contributed by atoms with E-state index in [-0.39, 0.29) is 11.0 Å². The number of hydrogen-bond donors (Lipinski definition) is 0. The van der Waals surface area contributed by atoms with E-state index < -0.39 is 0 Å². The summed E-state index contributed by atoms with van der Waals surface area (Å²) in [5, 5.41) is 0.0245. The molecule has 1 unspecified atom stereocenters. The molecule has 0 radical (unpaired) electrons. The Balaban J connectivity index is 2.05. The molecule has 2 rings (SSSR count). The molecule has 1 aromatic heterocycles. The first kappa shape index (κ1) is 12.7. The lowest BCUT2D eigenvalue weighted by atomic mass is 9.76. The molecule has 1 atom stereocenters. The maximum atomic E-state index is 6.44. The van der Waals surface area contributed by atoms with Crippen molar-refractivity contribution in [2.45, 2.75) is 43.6 Å². The van der Waals surface area contributed by atoms with E-state index in [2.05, 4.69) is 6.07 Å². The highest BCUT2D eigenvalue weighted by atomic mass is 35.5. The average molecular weight is 279 g/mol. The number of thiophene rings is 1. The number of alkyl halides is 1. The van der Waals surface area contributed by atoms with Crippen molar-refractivity contribution in [3.05, 3.63) is 20.8 Å². The van der Waals surface area contributed by atoms with E-state index in [1.54, 1.807) is 18.4 Å². The molecule has 4 heteroatoms. The quantitative estimate of drug-likeness (QED) is 0.709. The normalized spacial score (nSPS) is 20.5. The van der Waals surface area contributed by atoms with Crippen LogP contribution in [0.5, 0.6) is 0 Å². The minimum atomic E-state index is 0.0245. The second-order valence-electron chi connectivity index (χ2n) is 4.52. The van der Waals surface area contributed by atoms with Gasteiger partial charge in [-0.1, -0.05) is 11.6 Å². The lowest BCUT2D eigenvalue weighted by Gasteiger charge is -2.41. The zero-order valence-electron chi connectivity index (χ0n) is 9.56. The first-order valence-electron chi connectivity index (χ1n) is 5.51. The van der Waals surface area contributed by atoms with Crippen LogP contribution in [0.15, 0.2) is 6.07 Å². The van der Waals surface area contributed by atoms with Crippen LogP contribution in [0.25, 0.3) is 0 Å². The van der Waals surface area contributed by atoms with Crippen LogP contribution in [0.2, 0.25) is 4.34 Å². The minimum absolute atomic E-state index is 0.0245. The van der Waals surface area contributed by atoms with Crippen LogP contribution in [-0.2, 0) is 4.74 Å². The Morgan fingerprint density at radius 3 is 2.62 bits per heavy atom. The van der Waals surface area contributed by atoms with Crippen molar-refractivity contribution in [1.29, 1.82) is 0 Å². The average Bonchev–Trinajstić information content (AvgIpc) is 2.53. The number of halogens is 2. The summed E-state index contributed by atoms with van der Waals surface area (Å²) in [5.74, 6) is 0. The molecule has 90 valence electrons. The predicted molar refractivity (Wildman–Crippen MR) is 70.9 cm³/mol. The largest absolute Gasteiger partial charge is 0.378 e. The lowest BCUT2D eigenvalue weighted by molar-refractivity contribution is -0.0778. The molecule has 1 saturated carbocycles. The number of hydrogen-bond acceptors (Lipinski definition) is 2. The van der Waals surface area contributed by atoms with Crippen molar-refractivity contribution in [1.82, 2.24) is 0 Å². The molecule has 16 heavy (non-hydrogen) atoms. The van der Waals surface area contributed by atoms with Gasteiger partial charge in [-0.25, -0.2) is 0 Å². The van der Waals surface area contributed by atoms with Gasteiger partial charge in [0.25, 0.3) is 0 Å². The SMILES string of the molecule is COC1(CC(Cl)c2cc(C)c(Cl)s2)CCC1. The molecule has 1 nitrogen and oxygen atoms in total. The van der Waals surface area contributed by atoms with Gasteiger partial charge in [0, 0.05) is 12.0 Å². The molecule has 1 heterocycles. The summed E-state index contributed by atoms with van der Waals surface area (Å²) in [6.45, 7) is 2.02. The van der Waals surface area contributed by atoms with Gasteiger partial charge in [0.05, 0.1) is 15.3 Å². The van der Waals surface area contributed by atoms with Gasteiger partial charge in [-0.3, -0.25) is 0 Å². The van der Waals surface area contributed by atoms with Crippen LogP contribution in [0.1, 0.15) is 41.5 Å². The first-order valence-corrected chi connectivity index (χ1v) is 7.14. The van der Waals surface area contributed by atoms with Crippen molar-refractivity contribution in [2.24, 2.45) is 0 Å². The number of methoxy groups -OCH3 is 1. The van der Waals surface area contributed by atoms with Gasteiger partial charge in [0.2, 0.25) is 0 Å². The standard InChI is InChI=1S/C12H16Cl2OS/c1-8-6-10(16-11(8)14)9(13)7-12(15-2)4-3-5-12/h6,9H,3-5,7H2,1-2H3. The fraction of sp³-hybridized carbons (Fsp3) is 0.667. The van der Waals surface area contributed by atoms with Crippen LogP contribution in [0.4, 0.5) is 0 Å². The van der Waals surface area contributed by atoms with E-state index in [0.717, 1.165) is 34.0 Å². The summed E-state index contributed by atoms with van der Waals surface area (Å²) >= 11 is 14.1. The van der Waals surface area contributed by atoms with Crippen LogP contribution in [-0.4, -0.2) is 12.7 Å². The van der Waals surface area contributed by atoms with Gasteiger partial charge in [-0.05, 0) is 44.2 Å². The van der Waals surface area contributed by atoms with Gasteiger partial charge in [0.1, 0.15) is 0 Å². The third-order valence-corrected chi connectivity index (χ3v) is 5.62. The van der Waals surface area contributed by atoms with Crippen molar-refractivity contribution in [3.63, 3.8) is 0 Å². The summed E-state index contributed by atoms with van der Waals surface area (Å²) in [6, 6.07) is 2.09. The van der Waals surface area contributed by atoms with E-state index in [4.69, 9.17) is 27.9 Å². The van der Waals surface area contributed by atoms with E-state index in [1.807, 2.05) is 6.92 Å². The monoisotopic (exact) mass is 278 g/mol. The fourth-order valence-electron chi connectivity index (χ4n) is 2.13. The number of ether oxygens (including phenoxy) is 1. The molecule has 0 N–H and O–H groups in total. The molecule has 1 aliphatic carbocycles. The van der Waals surface area contributed by atoms with Crippen molar-refractivity contribution in [3.8, 4) is 0 Å². The smallest absolute Gasteiger partial charge is 0.0960 e. The topological polar surface area (TPSA) is 9.23 Å². The zero-order valence-corrected chi connectivity index (χ0v) is 11.9. The van der Waals surface area contributed by atoms with Crippen molar-refractivity contribution in [2.75, 3.05) is 7.11 Å². The second-order valence-corrected chi connectivity index (χ2v) is 6.73. The Labute approximate surface area is 111 Å². The van der Waals surface area contributed by atoms with Crippen LogP contribution in [0, 0.1) is 6.92 Å². The maximum Gasteiger partial charge on any atom is 0.0960 e. The second kappa shape index (κ2) is 4.85. The highest BCUT2D eigenvalue weighted by Gasteiger charge is 2.39. The van der Waals surface area contributed by atoms with Gasteiger partial charge >= 0.3 is 0 Å². The molecule has 0 spiro atoms. The Morgan fingerprint density at radius 2 is 2.25 bits per heavy atom. The van der Waals surface area contributed by atoms with Gasteiger partial charge in [0.15, 0.2) is 0 Å². The Morgan fingerprint density at radius 1 is 1.56 bits per heavy atom. The molecular formula is C12H16Cl2OS. The summed E-state index contributed by atoms with van der Waals surface area (Å²) in [5.41, 5.74) is 1.14. The molecule has 0 aromatic carbocycles. The summed E-state index contributed by atoms with van der Waals surface area (Å²) in [4.78, 5) is 1.16. The predicted octanol–water partition coefficient (Wildman–Crippen LogP) is 4.95. The zero-order chi connectivity index (χ0) is 11.8. The fourth-order valence-corrected chi connectivity index (χ4v) is 3.80. The van der Waals surface area contributed by atoms with Crippen molar-refractivity contribution >= 4 is 34.5 Å². The molecule has 1 fully saturated rings. The van der Waals surface area contributed by atoms with Crippen LogP contribution < -0.4 is 0 Å². The number of aryl methyl sites for hydroxylation is 1. The van der Waals surface area contributed by atoms with Crippen LogP contribution >= 0.6 is 34.5 Å². The maximum absolute atomic E-state index is 6.44. The highest BCUT2D eigenvalue weighted by molar-refractivity contribution is 7.16. The molecule has 0 saturated heterocycles. The Hall–Kier alpha value is 0.240. The van der Waals surface area contributed by atoms with Gasteiger partial charge < -0.3 is 4.74 Å². The molecule has 0 bridgehead atoms. The molecule has 1 aromatic rings. The van der Waals surface area contributed by atoms with E-state index in [0.29, 0.717) is 0 Å². The lowest BCUT2D eigenvalue weighted by Crippen LogP contribution is -2.39. The van der Waals surface area contributed by atoms with E-state index >= 15 is 0 Å². The number of rotatable bonds is 4. The molecule has 1 aliphatic rings. The molecule has 0 aliphatic heterocycles. The van der Waals surface area contributed by atoms with Gasteiger partial charge in [-0.2, -0.15) is 0 Å². The first-order chi connectivity index (χ1) is 7.56. The Bertz CT molecular complexity index is 346. The third-order valence-electron chi connectivity index (χ3n) is 3.43. The van der Waals surface area contributed by atoms with Crippen molar-refractivity contribution < 1.29 is 4.74 Å². The third kappa shape index (κ3) is 2.40. The summed E-state index contributed by atoms with van der Waals surface area (Å²) in [6.07, 6.45) is 4.40. The molecular weight excluding hydrogens is 263 g/mol. The van der Waals surface area contributed by atoms with E-state index in [9.17, 15) is 0 Å². The highest BCUT2D eigenvalue weighted by Crippen LogP contribution is 2.45.